The van der Waals surface area contributed by atoms with Crippen molar-refractivity contribution in [3.05, 3.63) is 47.0 Å². The number of rotatable bonds is 8. The number of benzene rings is 2. The maximum Gasteiger partial charge on any atom is 0.305 e. The zero-order valence-electron chi connectivity index (χ0n) is 15.1. The van der Waals surface area contributed by atoms with Gasteiger partial charge in [0.05, 0.1) is 37.1 Å². The Kier molecular flexibility index (Phi) is 7.31. The standard InChI is InChI=1S/C19H21ClN2O5/c1-25-17-11-16(21)15(20)10-14(17)19(24)22-12-5-7-13(8-6-12)27-9-3-4-18(23)26-2/h5-8,10-11H,3-4,9,21H2,1-2H3,(H,22,24). The van der Waals surface area contributed by atoms with Crippen molar-refractivity contribution in [2.75, 3.05) is 31.9 Å². The average Bonchev–Trinajstić information content (AvgIpc) is 2.67. The lowest BCUT2D eigenvalue weighted by atomic mass is 10.1. The maximum atomic E-state index is 12.5. The van der Waals surface area contributed by atoms with Crippen molar-refractivity contribution in [3.8, 4) is 11.5 Å². The van der Waals surface area contributed by atoms with E-state index in [0.29, 0.717) is 42.3 Å². The van der Waals surface area contributed by atoms with Crippen LogP contribution >= 0.6 is 11.6 Å². The van der Waals surface area contributed by atoms with E-state index in [9.17, 15) is 9.59 Å². The van der Waals surface area contributed by atoms with Crippen molar-refractivity contribution < 1.29 is 23.8 Å². The quantitative estimate of drug-likeness (QED) is 0.405. The molecule has 0 bridgehead atoms. The highest BCUT2D eigenvalue weighted by molar-refractivity contribution is 6.33. The Morgan fingerprint density at radius 1 is 1.15 bits per heavy atom. The Morgan fingerprint density at radius 2 is 1.85 bits per heavy atom. The van der Waals surface area contributed by atoms with E-state index in [1.54, 1.807) is 24.3 Å². The number of carbonyl (C=O) groups is 2. The zero-order chi connectivity index (χ0) is 19.8. The molecule has 2 rings (SSSR count). The summed E-state index contributed by atoms with van der Waals surface area (Å²) in [4.78, 5) is 23.5. The van der Waals surface area contributed by atoms with E-state index < -0.39 is 0 Å². The van der Waals surface area contributed by atoms with Gasteiger partial charge < -0.3 is 25.3 Å². The fraction of sp³-hybridized carbons (Fsp3) is 0.263. The summed E-state index contributed by atoms with van der Waals surface area (Å²) in [6.07, 6.45) is 0.861. The van der Waals surface area contributed by atoms with E-state index in [-0.39, 0.29) is 22.5 Å². The molecule has 0 unspecified atom stereocenters. The molecule has 3 N–H and O–H groups in total. The van der Waals surface area contributed by atoms with E-state index in [2.05, 4.69) is 10.1 Å². The predicted molar refractivity (Wildman–Crippen MR) is 104 cm³/mol. The summed E-state index contributed by atoms with van der Waals surface area (Å²) in [6, 6.07) is 9.83. The molecular formula is C19H21ClN2O5. The molecule has 0 atom stereocenters. The van der Waals surface area contributed by atoms with Crippen LogP contribution in [0.4, 0.5) is 11.4 Å². The summed E-state index contributed by atoms with van der Waals surface area (Å²) in [5.74, 6) is 0.321. The lowest BCUT2D eigenvalue weighted by Crippen LogP contribution is -2.13. The largest absolute Gasteiger partial charge is 0.496 e. The summed E-state index contributed by atoms with van der Waals surface area (Å²) in [7, 11) is 2.80. The van der Waals surface area contributed by atoms with Crippen molar-refractivity contribution in [1.29, 1.82) is 0 Å². The highest BCUT2D eigenvalue weighted by Crippen LogP contribution is 2.29. The van der Waals surface area contributed by atoms with Gasteiger partial charge in [-0.05, 0) is 36.8 Å². The van der Waals surface area contributed by atoms with Crippen LogP contribution in [0.5, 0.6) is 11.5 Å². The van der Waals surface area contributed by atoms with Crippen LogP contribution in [0.25, 0.3) is 0 Å². The van der Waals surface area contributed by atoms with Crippen molar-refractivity contribution in [2.45, 2.75) is 12.8 Å². The van der Waals surface area contributed by atoms with E-state index in [4.69, 9.17) is 26.8 Å². The Hall–Kier alpha value is -2.93. The van der Waals surface area contributed by atoms with E-state index in [1.807, 2.05) is 0 Å². The first-order chi connectivity index (χ1) is 12.9. The van der Waals surface area contributed by atoms with Gasteiger partial charge in [0, 0.05) is 18.2 Å². The van der Waals surface area contributed by atoms with Crippen molar-refractivity contribution >= 4 is 34.9 Å². The third-order valence-electron chi connectivity index (χ3n) is 3.70. The number of methoxy groups -OCH3 is 2. The average molecular weight is 393 g/mol. The predicted octanol–water partition coefficient (Wildman–Crippen LogP) is 3.52. The molecule has 8 heteroatoms. The minimum absolute atomic E-state index is 0.269. The lowest BCUT2D eigenvalue weighted by Gasteiger charge is -2.12. The number of amides is 1. The highest BCUT2D eigenvalue weighted by atomic mass is 35.5. The number of carbonyl (C=O) groups excluding carboxylic acids is 2. The first-order valence-electron chi connectivity index (χ1n) is 8.18. The zero-order valence-corrected chi connectivity index (χ0v) is 15.8. The maximum absolute atomic E-state index is 12.5. The first kappa shape index (κ1) is 20.4. The van der Waals surface area contributed by atoms with Gasteiger partial charge in [-0.2, -0.15) is 0 Å². The number of nitrogens with two attached hydrogens (primary N) is 1. The van der Waals surface area contributed by atoms with Gasteiger partial charge in [-0.3, -0.25) is 9.59 Å². The van der Waals surface area contributed by atoms with Gasteiger partial charge in [-0.25, -0.2) is 0 Å². The number of esters is 1. The van der Waals surface area contributed by atoms with Gasteiger partial charge >= 0.3 is 5.97 Å². The van der Waals surface area contributed by atoms with Gasteiger partial charge in [-0.15, -0.1) is 0 Å². The minimum atomic E-state index is -0.375. The number of anilines is 2. The van der Waals surface area contributed by atoms with Crippen molar-refractivity contribution in [3.63, 3.8) is 0 Å². The number of nitrogen functional groups attached to an aromatic ring is 1. The Morgan fingerprint density at radius 3 is 2.48 bits per heavy atom. The lowest BCUT2D eigenvalue weighted by molar-refractivity contribution is -0.140. The minimum Gasteiger partial charge on any atom is -0.496 e. The number of halogens is 1. The smallest absolute Gasteiger partial charge is 0.305 e. The van der Waals surface area contributed by atoms with Gasteiger partial charge in [0.2, 0.25) is 0 Å². The van der Waals surface area contributed by atoms with Crippen LogP contribution < -0.4 is 20.5 Å². The summed E-state index contributed by atoms with van der Waals surface area (Å²) >= 11 is 5.99. The fourth-order valence-corrected chi connectivity index (χ4v) is 2.42. The van der Waals surface area contributed by atoms with Crippen LogP contribution in [0.1, 0.15) is 23.2 Å². The summed E-state index contributed by atoms with van der Waals surface area (Å²) < 4.78 is 15.3. The van der Waals surface area contributed by atoms with Crippen molar-refractivity contribution in [1.82, 2.24) is 0 Å². The summed E-state index contributed by atoms with van der Waals surface area (Å²) in [6.45, 7) is 0.391. The molecule has 0 aliphatic carbocycles. The first-order valence-corrected chi connectivity index (χ1v) is 8.56. The summed E-state index contributed by atoms with van der Waals surface area (Å²) in [5, 5.41) is 3.04. The summed E-state index contributed by atoms with van der Waals surface area (Å²) in [5.41, 5.74) is 6.92. The number of ether oxygens (including phenoxy) is 3. The van der Waals surface area contributed by atoms with Crippen LogP contribution in [-0.2, 0) is 9.53 Å². The fourth-order valence-electron chi connectivity index (χ4n) is 2.26. The Balaban J connectivity index is 1.95. The second kappa shape index (κ2) is 9.68. The molecule has 2 aromatic rings. The third kappa shape index (κ3) is 5.79. The molecule has 7 nitrogen and oxygen atoms in total. The molecule has 0 fully saturated rings. The molecule has 0 spiro atoms. The van der Waals surface area contributed by atoms with Crippen molar-refractivity contribution in [2.24, 2.45) is 0 Å². The molecule has 2 aromatic carbocycles. The second-order valence-electron chi connectivity index (χ2n) is 5.58. The Labute approximate surface area is 162 Å². The number of hydrogen-bond donors (Lipinski definition) is 2. The van der Waals surface area contributed by atoms with E-state index in [0.717, 1.165) is 0 Å². The molecule has 0 aromatic heterocycles. The monoisotopic (exact) mass is 392 g/mol. The van der Waals surface area contributed by atoms with Crippen LogP contribution in [0.2, 0.25) is 5.02 Å². The van der Waals surface area contributed by atoms with Gasteiger partial charge in [0.25, 0.3) is 5.91 Å². The number of hydrogen-bond acceptors (Lipinski definition) is 6. The van der Waals surface area contributed by atoms with Gasteiger partial charge in [0.15, 0.2) is 0 Å². The molecule has 0 saturated carbocycles. The SMILES string of the molecule is COC(=O)CCCOc1ccc(NC(=O)c2cc(Cl)c(N)cc2OC)cc1. The molecule has 144 valence electrons. The van der Waals surface area contributed by atoms with Gasteiger partial charge in [-0.1, -0.05) is 11.6 Å². The van der Waals surface area contributed by atoms with Crippen LogP contribution in [0, 0.1) is 0 Å². The van der Waals surface area contributed by atoms with Gasteiger partial charge in [0.1, 0.15) is 11.5 Å². The molecular weight excluding hydrogens is 372 g/mol. The molecule has 0 saturated heterocycles. The third-order valence-corrected chi connectivity index (χ3v) is 4.02. The Bertz CT molecular complexity index is 808. The van der Waals surface area contributed by atoms with Crippen LogP contribution in [0.15, 0.2) is 36.4 Å². The molecule has 0 aliphatic heterocycles. The molecule has 1 amide bonds. The normalized spacial score (nSPS) is 10.2. The molecule has 0 aliphatic rings. The van der Waals surface area contributed by atoms with Crippen LogP contribution in [-0.4, -0.2) is 32.7 Å². The highest BCUT2D eigenvalue weighted by Gasteiger charge is 2.15. The number of nitrogens with one attached hydrogen (secondary N) is 1. The molecule has 0 heterocycles. The van der Waals surface area contributed by atoms with E-state index >= 15 is 0 Å². The topological polar surface area (TPSA) is 99.9 Å². The van der Waals surface area contributed by atoms with E-state index in [1.165, 1.54) is 26.4 Å². The molecule has 27 heavy (non-hydrogen) atoms. The van der Waals surface area contributed by atoms with Crippen LogP contribution in [0.3, 0.4) is 0 Å². The second-order valence-corrected chi connectivity index (χ2v) is 5.99. The molecule has 0 radical (unpaired) electrons.